The molecule has 8 nitrogen and oxygen atoms in total. The maximum Gasteiger partial charge on any atom is 0.410 e. The Morgan fingerprint density at radius 2 is 1.81 bits per heavy atom. The van der Waals surface area contributed by atoms with Gasteiger partial charge >= 0.3 is 6.09 Å². The van der Waals surface area contributed by atoms with Crippen LogP contribution in [0.5, 0.6) is 5.88 Å². The number of hydrogen-bond acceptors (Lipinski definition) is 7. The number of benzene rings is 1. The predicted octanol–water partition coefficient (Wildman–Crippen LogP) is 3.50. The number of aromatic nitrogens is 2. The summed E-state index contributed by atoms with van der Waals surface area (Å²) in [6, 6.07) is 6.65. The monoisotopic (exact) mass is 459 g/mol. The molecule has 0 saturated carbocycles. The Balaban J connectivity index is 1.38. The van der Waals surface area contributed by atoms with Crippen molar-refractivity contribution in [1.29, 1.82) is 0 Å². The smallest absolute Gasteiger partial charge is 0.410 e. The average molecular weight is 460 g/mol. The van der Waals surface area contributed by atoms with Gasteiger partial charge in [0.2, 0.25) is 5.88 Å². The average Bonchev–Trinajstić information content (AvgIpc) is 3.15. The minimum atomic E-state index is -3.24. The molecule has 9 heteroatoms. The van der Waals surface area contributed by atoms with Gasteiger partial charge in [0, 0.05) is 31.3 Å². The maximum atomic E-state index is 12.3. The third-order valence-electron chi connectivity index (χ3n) is 5.76. The number of nitrogens with zero attached hydrogens (tertiary/aromatic N) is 3. The fourth-order valence-corrected chi connectivity index (χ4v) is 4.71. The van der Waals surface area contributed by atoms with Crippen LogP contribution < -0.4 is 4.74 Å². The summed E-state index contributed by atoms with van der Waals surface area (Å²) in [5.74, 6) is 0.878. The standard InChI is InChI=1S/C23H29N3O5S/c1-23(2,3)31-22(27)26-11-9-16(10-12-26)20-13-18-21(30-20)24-14-19(25-18)15-5-7-17(8-6-15)32(4,28)29/h5-8,14,16,20H,9-13H2,1-4H3. The molecule has 1 atom stereocenters. The highest BCUT2D eigenvalue weighted by Gasteiger charge is 2.36. The Labute approximate surface area is 188 Å². The highest BCUT2D eigenvalue weighted by atomic mass is 32.2. The van der Waals surface area contributed by atoms with Crippen molar-refractivity contribution < 1.29 is 22.7 Å². The number of amides is 1. The van der Waals surface area contributed by atoms with E-state index in [1.54, 1.807) is 35.4 Å². The molecule has 0 aliphatic carbocycles. The van der Waals surface area contributed by atoms with Crippen molar-refractivity contribution >= 4 is 15.9 Å². The van der Waals surface area contributed by atoms with Crippen molar-refractivity contribution in [3.05, 3.63) is 36.2 Å². The Kier molecular flexibility index (Phi) is 5.87. The van der Waals surface area contributed by atoms with Gasteiger partial charge in [0.25, 0.3) is 0 Å². The van der Waals surface area contributed by atoms with Crippen LogP contribution in [0.3, 0.4) is 0 Å². The van der Waals surface area contributed by atoms with E-state index in [4.69, 9.17) is 14.5 Å². The predicted molar refractivity (Wildman–Crippen MR) is 119 cm³/mol. The van der Waals surface area contributed by atoms with E-state index in [0.717, 1.165) is 24.1 Å². The van der Waals surface area contributed by atoms with Gasteiger partial charge in [-0.15, -0.1) is 0 Å². The van der Waals surface area contributed by atoms with Crippen molar-refractivity contribution in [2.24, 2.45) is 5.92 Å². The number of likely N-dealkylation sites (tertiary alicyclic amines) is 1. The largest absolute Gasteiger partial charge is 0.472 e. The number of carbonyl (C=O) groups excluding carboxylic acids is 1. The second-order valence-electron chi connectivity index (χ2n) is 9.47. The summed E-state index contributed by atoms with van der Waals surface area (Å²) in [5.41, 5.74) is 1.81. The first-order chi connectivity index (χ1) is 15.0. The van der Waals surface area contributed by atoms with Crippen LogP contribution in [-0.4, -0.2) is 60.4 Å². The number of sulfone groups is 1. The Morgan fingerprint density at radius 3 is 2.41 bits per heavy atom. The quantitative estimate of drug-likeness (QED) is 0.693. The van der Waals surface area contributed by atoms with Crippen LogP contribution >= 0.6 is 0 Å². The van der Waals surface area contributed by atoms with Crippen LogP contribution in [0.1, 0.15) is 39.3 Å². The van der Waals surface area contributed by atoms with Crippen LogP contribution in [0.2, 0.25) is 0 Å². The van der Waals surface area contributed by atoms with Gasteiger partial charge in [-0.05, 0) is 51.7 Å². The fraction of sp³-hybridized carbons (Fsp3) is 0.522. The topological polar surface area (TPSA) is 98.7 Å². The lowest BCUT2D eigenvalue weighted by Gasteiger charge is -2.35. The molecule has 0 radical (unpaired) electrons. The highest BCUT2D eigenvalue weighted by Crippen LogP contribution is 2.34. The van der Waals surface area contributed by atoms with Gasteiger partial charge in [-0.2, -0.15) is 0 Å². The van der Waals surface area contributed by atoms with Crippen LogP contribution in [0.4, 0.5) is 4.79 Å². The zero-order valence-electron chi connectivity index (χ0n) is 18.9. The van der Waals surface area contributed by atoms with Crippen molar-refractivity contribution in [2.45, 2.75) is 56.6 Å². The van der Waals surface area contributed by atoms with E-state index in [1.165, 1.54) is 6.26 Å². The molecular weight excluding hydrogens is 430 g/mol. The van der Waals surface area contributed by atoms with E-state index < -0.39 is 15.4 Å². The van der Waals surface area contributed by atoms with E-state index in [0.29, 0.717) is 37.0 Å². The van der Waals surface area contributed by atoms with E-state index in [9.17, 15) is 13.2 Å². The Hall–Kier alpha value is -2.68. The molecule has 1 amide bonds. The number of carbonyl (C=O) groups is 1. The number of piperidine rings is 1. The molecule has 2 aliphatic heterocycles. The number of fused-ring (bicyclic) bond motifs is 1. The third-order valence-corrected chi connectivity index (χ3v) is 6.89. The minimum Gasteiger partial charge on any atom is -0.472 e. The molecule has 1 saturated heterocycles. The summed E-state index contributed by atoms with van der Waals surface area (Å²) in [4.78, 5) is 23.5. The summed E-state index contributed by atoms with van der Waals surface area (Å²) in [7, 11) is -3.24. The van der Waals surface area contributed by atoms with Gasteiger partial charge < -0.3 is 14.4 Å². The van der Waals surface area contributed by atoms with Crippen LogP contribution in [-0.2, 0) is 21.0 Å². The van der Waals surface area contributed by atoms with Gasteiger partial charge in [-0.3, -0.25) is 0 Å². The molecule has 1 aromatic carbocycles. The molecule has 1 unspecified atom stereocenters. The van der Waals surface area contributed by atoms with Gasteiger partial charge in [0.05, 0.1) is 16.8 Å². The lowest BCUT2D eigenvalue weighted by Crippen LogP contribution is -2.44. The number of ether oxygens (including phenoxy) is 2. The van der Waals surface area contributed by atoms with Crippen LogP contribution in [0.15, 0.2) is 35.4 Å². The second-order valence-corrected chi connectivity index (χ2v) is 11.5. The number of hydrogen-bond donors (Lipinski definition) is 0. The zero-order chi connectivity index (χ0) is 23.1. The van der Waals surface area contributed by atoms with Crippen molar-refractivity contribution in [3.63, 3.8) is 0 Å². The molecule has 3 heterocycles. The second kappa shape index (κ2) is 8.35. The van der Waals surface area contributed by atoms with E-state index in [-0.39, 0.29) is 17.1 Å². The van der Waals surface area contributed by atoms with E-state index >= 15 is 0 Å². The molecule has 1 aromatic heterocycles. The highest BCUT2D eigenvalue weighted by molar-refractivity contribution is 7.90. The summed E-state index contributed by atoms with van der Waals surface area (Å²) in [6.45, 7) is 6.91. The third kappa shape index (κ3) is 5.03. The molecule has 2 aromatic rings. The maximum absolute atomic E-state index is 12.3. The summed E-state index contributed by atoms with van der Waals surface area (Å²) >= 11 is 0. The molecule has 0 bridgehead atoms. The van der Waals surface area contributed by atoms with Crippen molar-refractivity contribution in [3.8, 4) is 17.1 Å². The van der Waals surface area contributed by atoms with Crippen molar-refractivity contribution in [2.75, 3.05) is 19.3 Å². The molecule has 0 N–H and O–H groups in total. The lowest BCUT2D eigenvalue weighted by molar-refractivity contribution is 0.0121. The molecule has 32 heavy (non-hydrogen) atoms. The summed E-state index contributed by atoms with van der Waals surface area (Å²) < 4.78 is 34.9. The molecule has 0 spiro atoms. The first kappa shape index (κ1) is 22.5. The summed E-state index contributed by atoms with van der Waals surface area (Å²) in [6.07, 6.45) is 4.94. The van der Waals surface area contributed by atoms with Gasteiger partial charge in [-0.25, -0.2) is 23.2 Å². The molecule has 172 valence electrons. The minimum absolute atomic E-state index is 0.00588. The Morgan fingerprint density at radius 1 is 1.16 bits per heavy atom. The first-order valence-corrected chi connectivity index (χ1v) is 12.7. The summed E-state index contributed by atoms with van der Waals surface area (Å²) in [5, 5.41) is 0. The molecular formula is C23H29N3O5S. The van der Waals surface area contributed by atoms with Crippen molar-refractivity contribution in [1.82, 2.24) is 14.9 Å². The Bertz CT molecular complexity index is 1100. The molecule has 4 rings (SSSR count). The first-order valence-electron chi connectivity index (χ1n) is 10.8. The van der Waals surface area contributed by atoms with Gasteiger partial charge in [0.15, 0.2) is 9.84 Å². The van der Waals surface area contributed by atoms with Crippen LogP contribution in [0.25, 0.3) is 11.3 Å². The lowest BCUT2D eigenvalue weighted by atomic mass is 9.90. The molecule has 1 fully saturated rings. The zero-order valence-corrected chi connectivity index (χ0v) is 19.7. The van der Waals surface area contributed by atoms with Gasteiger partial charge in [-0.1, -0.05) is 12.1 Å². The normalized spacial score (nSPS) is 19.4. The van der Waals surface area contributed by atoms with E-state index in [2.05, 4.69) is 4.98 Å². The molecule has 2 aliphatic rings. The number of rotatable bonds is 3. The fourth-order valence-electron chi connectivity index (χ4n) is 4.08. The van der Waals surface area contributed by atoms with E-state index in [1.807, 2.05) is 20.8 Å². The SMILES string of the molecule is CC(C)(C)OC(=O)N1CCC(C2Cc3nc(-c4ccc(S(C)(=O)=O)cc4)cnc3O2)CC1. The van der Waals surface area contributed by atoms with Gasteiger partial charge in [0.1, 0.15) is 17.4 Å². The van der Waals surface area contributed by atoms with Crippen LogP contribution in [0, 0.1) is 5.92 Å².